The molecule has 0 aliphatic heterocycles. The molecule has 0 saturated carbocycles. The van der Waals surface area contributed by atoms with E-state index < -0.39 is 0 Å². The lowest BCUT2D eigenvalue weighted by Crippen LogP contribution is -2.39. The van der Waals surface area contributed by atoms with E-state index in [1.54, 1.807) is 19.1 Å². The van der Waals surface area contributed by atoms with E-state index in [0.29, 0.717) is 26.2 Å². The smallest absolute Gasteiger partial charge is 0.240 e. The molecule has 0 saturated heterocycles. The van der Waals surface area contributed by atoms with Crippen molar-refractivity contribution in [2.75, 3.05) is 45.4 Å². The molecule has 0 fully saturated rings. The number of anilines is 1. The maximum absolute atomic E-state index is 12.1. The Labute approximate surface area is 114 Å². The summed E-state index contributed by atoms with van der Waals surface area (Å²) in [6.45, 7) is 4.13. The topological polar surface area (TPSA) is 50.8 Å². The molecule has 0 aliphatic carbocycles. The van der Waals surface area contributed by atoms with Crippen LogP contribution in [0.5, 0.6) is 5.75 Å². The standard InChI is InChI=1S/C14H22N2O3/c1-4-16(14(17)11-15-8-9-18-2)12-6-5-7-13(10-12)19-3/h5-7,10,15H,4,8-9,11H2,1-3H3. The van der Waals surface area contributed by atoms with Crippen LogP contribution in [0.1, 0.15) is 6.92 Å². The molecule has 1 N–H and O–H groups in total. The van der Waals surface area contributed by atoms with E-state index in [9.17, 15) is 4.79 Å². The van der Waals surface area contributed by atoms with Crippen LogP contribution in [0.25, 0.3) is 0 Å². The van der Waals surface area contributed by atoms with Gasteiger partial charge in [0.25, 0.3) is 0 Å². The van der Waals surface area contributed by atoms with Gasteiger partial charge in [0.2, 0.25) is 5.91 Å². The van der Waals surface area contributed by atoms with Gasteiger partial charge >= 0.3 is 0 Å². The minimum Gasteiger partial charge on any atom is -0.497 e. The highest BCUT2D eigenvalue weighted by Gasteiger charge is 2.13. The molecular formula is C14H22N2O3. The van der Waals surface area contributed by atoms with Crippen LogP contribution >= 0.6 is 0 Å². The Morgan fingerprint density at radius 2 is 2.16 bits per heavy atom. The maximum atomic E-state index is 12.1. The van der Waals surface area contributed by atoms with Gasteiger partial charge in [0.05, 0.1) is 20.3 Å². The second-order valence-corrected chi connectivity index (χ2v) is 4.01. The Balaban J connectivity index is 2.62. The molecule has 106 valence electrons. The van der Waals surface area contributed by atoms with Gasteiger partial charge in [0.1, 0.15) is 5.75 Å². The zero-order chi connectivity index (χ0) is 14.1. The van der Waals surface area contributed by atoms with Crippen LogP contribution in [0.4, 0.5) is 5.69 Å². The minimum atomic E-state index is 0.0341. The average molecular weight is 266 g/mol. The highest BCUT2D eigenvalue weighted by Crippen LogP contribution is 2.20. The quantitative estimate of drug-likeness (QED) is 0.720. The van der Waals surface area contributed by atoms with E-state index >= 15 is 0 Å². The highest BCUT2D eigenvalue weighted by molar-refractivity contribution is 5.94. The fourth-order valence-electron chi connectivity index (χ4n) is 1.75. The number of hydrogen-bond acceptors (Lipinski definition) is 4. The Morgan fingerprint density at radius 1 is 1.37 bits per heavy atom. The van der Waals surface area contributed by atoms with E-state index in [0.717, 1.165) is 11.4 Å². The van der Waals surface area contributed by atoms with Gasteiger partial charge in [-0.25, -0.2) is 0 Å². The van der Waals surface area contributed by atoms with Crippen molar-refractivity contribution in [1.29, 1.82) is 0 Å². The zero-order valence-corrected chi connectivity index (χ0v) is 11.8. The summed E-state index contributed by atoms with van der Waals surface area (Å²) in [4.78, 5) is 13.8. The van der Waals surface area contributed by atoms with Crippen molar-refractivity contribution < 1.29 is 14.3 Å². The summed E-state index contributed by atoms with van der Waals surface area (Å²) in [5.41, 5.74) is 0.848. The SMILES string of the molecule is CCN(C(=O)CNCCOC)c1cccc(OC)c1. The summed E-state index contributed by atoms with van der Waals surface area (Å²) in [5, 5.41) is 3.05. The van der Waals surface area contributed by atoms with Crippen LogP contribution in [-0.4, -0.2) is 46.4 Å². The van der Waals surface area contributed by atoms with Crippen LogP contribution in [0, 0.1) is 0 Å². The predicted molar refractivity (Wildman–Crippen MR) is 75.8 cm³/mol. The fourth-order valence-corrected chi connectivity index (χ4v) is 1.75. The van der Waals surface area contributed by atoms with Gasteiger partial charge in [-0.3, -0.25) is 4.79 Å². The van der Waals surface area contributed by atoms with Crippen LogP contribution in [0.15, 0.2) is 24.3 Å². The van der Waals surface area contributed by atoms with Gasteiger partial charge in [0, 0.05) is 32.0 Å². The zero-order valence-electron chi connectivity index (χ0n) is 11.8. The van der Waals surface area contributed by atoms with Crippen LogP contribution in [-0.2, 0) is 9.53 Å². The molecule has 0 radical (unpaired) electrons. The monoisotopic (exact) mass is 266 g/mol. The summed E-state index contributed by atoms with van der Waals surface area (Å²) < 4.78 is 10.1. The van der Waals surface area contributed by atoms with E-state index in [1.165, 1.54) is 0 Å². The lowest BCUT2D eigenvalue weighted by Gasteiger charge is -2.21. The van der Waals surface area contributed by atoms with Gasteiger partial charge < -0.3 is 19.7 Å². The molecule has 1 aromatic carbocycles. The van der Waals surface area contributed by atoms with E-state index in [-0.39, 0.29) is 5.91 Å². The first-order valence-corrected chi connectivity index (χ1v) is 6.37. The normalized spacial score (nSPS) is 10.3. The Bertz CT molecular complexity index is 396. The molecule has 0 spiro atoms. The number of nitrogens with zero attached hydrogens (tertiary/aromatic N) is 1. The third kappa shape index (κ3) is 4.89. The summed E-state index contributed by atoms with van der Waals surface area (Å²) in [6.07, 6.45) is 0. The lowest BCUT2D eigenvalue weighted by molar-refractivity contribution is -0.117. The van der Waals surface area contributed by atoms with Crippen molar-refractivity contribution in [2.24, 2.45) is 0 Å². The van der Waals surface area contributed by atoms with Gasteiger partial charge in [-0.15, -0.1) is 0 Å². The second kappa shape index (κ2) is 8.50. The van der Waals surface area contributed by atoms with E-state index in [4.69, 9.17) is 9.47 Å². The number of carbonyl (C=O) groups excluding carboxylic acids is 1. The molecule has 5 nitrogen and oxygen atoms in total. The number of methoxy groups -OCH3 is 2. The molecule has 1 aromatic rings. The summed E-state index contributed by atoms with van der Waals surface area (Å²) >= 11 is 0. The molecule has 19 heavy (non-hydrogen) atoms. The molecule has 5 heteroatoms. The van der Waals surface area contributed by atoms with Gasteiger partial charge in [-0.2, -0.15) is 0 Å². The second-order valence-electron chi connectivity index (χ2n) is 4.01. The molecular weight excluding hydrogens is 244 g/mol. The molecule has 1 amide bonds. The number of ether oxygens (including phenoxy) is 2. The van der Waals surface area contributed by atoms with E-state index in [2.05, 4.69) is 5.32 Å². The number of nitrogens with one attached hydrogen (secondary N) is 1. The number of amides is 1. The number of carbonyl (C=O) groups is 1. The molecule has 0 atom stereocenters. The first-order valence-electron chi connectivity index (χ1n) is 6.37. The minimum absolute atomic E-state index is 0.0341. The molecule has 1 rings (SSSR count). The Morgan fingerprint density at radius 3 is 2.79 bits per heavy atom. The van der Waals surface area contributed by atoms with E-state index in [1.807, 2.05) is 31.2 Å². The third-order valence-electron chi connectivity index (χ3n) is 2.74. The van der Waals surface area contributed by atoms with Crippen molar-refractivity contribution in [3.63, 3.8) is 0 Å². The number of likely N-dealkylation sites (N-methyl/N-ethyl adjacent to an activating group) is 1. The largest absolute Gasteiger partial charge is 0.497 e. The molecule has 0 aliphatic rings. The van der Waals surface area contributed by atoms with Crippen molar-refractivity contribution in [1.82, 2.24) is 5.32 Å². The summed E-state index contributed by atoms with van der Waals surface area (Å²) in [5.74, 6) is 0.781. The first-order chi connectivity index (χ1) is 9.22. The first kappa shape index (κ1) is 15.5. The number of benzene rings is 1. The third-order valence-corrected chi connectivity index (χ3v) is 2.74. The van der Waals surface area contributed by atoms with Crippen molar-refractivity contribution >= 4 is 11.6 Å². The highest BCUT2D eigenvalue weighted by atomic mass is 16.5. The van der Waals surface area contributed by atoms with Gasteiger partial charge in [-0.05, 0) is 19.1 Å². The summed E-state index contributed by atoms with van der Waals surface area (Å²) in [7, 11) is 3.25. The van der Waals surface area contributed by atoms with Crippen molar-refractivity contribution in [2.45, 2.75) is 6.92 Å². The fraction of sp³-hybridized carbons (Fsp3) is 0.500. The van der Waals surface area contributed by atoms with Crippen LogP contribution < -0.4 is 15.0 Å². The van der Waals surface area contributed by atoms with Crippen LogP contribution in [0.2, 0.25) is 0 Å². The molecule has 0 aromatic heterocycles. The maximum Gasteiger partial charge on any atom is 0.240 e. The predicted octanol–water partition coefficient (Wildman–Crippen LogP) is 1.28. The van der Waals surface area contributed by atoms with Crippen molar-refractivity contribution in [3.8, 4) is 5.75 Å². The van der Waals surface area contributed by atoms with Crippen LogP contribution in [0.3, 0.4) is 0 Å². The molecule has 0 heterocycles. The molecule has 0 unspecified atom stereocenters. The van der Waals surface area contributed by atoms with Crippen molar-refractivity contribution in [3.05, 3.63) is 24.3 Å². The van der Waals surface area contributed by atoms with Gasteiger partial charge in [0.15, 0.2) is 0 Å². The number of rotatable bonds is 8. The Kier molecular flexibility index (Phi) is 6.92. The average Bonchev–Trinajstić information content (AvgIpc) is 2.44. The number of hydrogen-bond donors (Lipinski definition) is 1. The van der Waals surface area contributed by atoms with Gasteiger partial charge in [-0.1, -0.05) is 6.07 Å². The lowest BCUT2D eigenvalue weighted by atomic mass is 10.2. The Hall–Kier alpha value is -1.59. The summed E-state index contributed by atoms with van der Waals surface area (Å²) in [6, 6.07) is 7.50. The molecule has 0 bridgehead atoms.